The van der Waals surface area contributed by atoms with Gasteiger partial charge < -0.3 is 9.30 Å². The molecule has 0 N–H and O–H groups in total. The van der Waals surface area contributed by atoms with Gasteiger partial charge in [0.1, 0.15) is 12.2 Å². The maximum atomic E-state index is 5.52. The Labute approximate surface area is 77.9 Å². The van der Waals surface area contributed by atoms with Crippen LogP contribution in [0.1, 0.15) is 25.1 Å². The minimum absolute atomic E-state index is 0.0563. The van der Waals surface area contributed by atoms with Gasteiger partial charge in [-0.15, -0.1) is 10.2 Å². The van der Waals surface area contributed by atoms with Crippen LogP contribution in [0.4, 0.5) is 0 Å². The summed E-state index contributed by atoms with van der Waals surface area (Å²) in [5.41, 5.74) is 0.0563. The van der Waals surface area contributed by atoms with Crippen LogP contribution in [-0.2, 0) is 18.2 Å². The first-order valence-corrected chi connectivity index (χ1v) is 4.64. The fourth-order valence-electron chi connectivity index (χ4n) is 1.78. The molecule has 1 aromatic heterocycles. The average Bonchev–Trinajstić information content (AvgIpc) is 2.44. The van der Waals surface area contributed by atoms with Gasteiger partial charge in [0.15, 0.2) is 0 Å². The lowest BCUT2D eigenvalue weighted by Gasteiger charge is -2.40. The summed E-state index contributed by atoms with van der Waals surface area (Å²) in [5.74, 6) is 1.02. The van der Waals surface area contributed by atoms with E-state index in [9.17, 15) is 0 Å². The summed E-state index contributed by atoms with van der Waals surface area (Å²) in [4.78, 5) is 0. The van der Waals surface area contributed by atoms with Crippen molar-refractivity contribution in [3.05, 3.63) is 12.2 Å². The molecule has 0 aliphatic heterocycles. The predicted octanol–water partition coefficient (Wildman–Crippen LogP) is 0.927. The number of hydrogen-bond donors (Lipinski definition) is 0. The lowest BCUT2D eigenvalue weighted by Crippen LogP contribution is -2.41. The molecule has 0 saturated heterocycles. The summed E-state index contributed by atoms with van der Waals surface area (Å²) in [6, 6.07) is 0. The second kappa shape index (κ2) is 3.10. The third-order valence-electron chi connectivity index (χ3n) is 2.98. The largest absolute Gasteiger partial charge is 0.378 e. The van der Waals surface area contributed by atoms with Gasteiger partial charge in [-0.2, -0.15) is 0 Å². The highest BCUT2D eigenvalue weighted by Crippen LogP contribution is 2.37. The smallest absolute Gasteiger partial charge is 0.135 e. The number of methoxy groups -OCH3 is 1. The van der Waals surface area contributed by atoms with Gasteiger partial charge in [-0.1, -0.05) is 0 Å². The molecular formula is C9H15N3O. The summed E-state index contributed by atoms with van der Waals surface area (Å²) < 4.78 is 7.48. The Morgan fingerprint density at radius 2 is 2.38 bits per heavy atom. The molecule has 1 heterocycles. The molecule has 72 valence electrons. The van der Waals surface area contributed by atoms with E-state index in [0.717, 1.165) is 25.1 Å². The Balaban J connectivity index is 2.08. The molecule has 0 spiro atoms. The normalized spacial score (nSPS) is 19.8. The van der Waals surface area contributed by atoms with Crippen molar-refractivity contribution in [1.82, 2.24) is 14.8 Å². The predicted molar refractivity (Wildman–Crippen MR) is 48.3 cm³/mol. The van der Waals surface area contributed by atoms with E-state index in [1.165, 1.54) is 6.42 Å². The van der Waals surface area contributed by atoms with Gasteiger partial charge in [0.2, 0.25) is 0 Å². The van der Waals surface area contributed by atoms with Crippen LogP contribution in [0.5, 0.6) is 0 Å². The Morgan fingerprint density at radius 3 is 2.77 bits per heavy atom. The van der Waals surface area contributed by atoms with Crippen LogP contribution in [-0.4, -0.2) is 27.5 Å². The first-order chi connectivity index (χ1) is 6.26. The van der Waals surface area contributed by atoms with Gasteiger partial charge in [-0.05, 0) is 19.3 Å². The fourth-order valence-corrected chi connectivity index (χ4v) is 1.78. The van der Waals surface area contributed by atoms with Crippen molar-refractivity contribution in [2.24, 2.45) is 7.05 Å². The fraction of sp³-hybridized carbons (Fsp3) is 0.778. The third kappa shape index (κ3) is 1.46. The van der Waals surface area contributed by atoms with E-state index in [0.29, 0.717) is 0 Å². The van der Waals surface area contributed by atoms with Crippen LogP contribution < -0.4 is 0 Å². The minimum atomic E-state index is 0.0563. The number of rotatable bonds is 3. The maximum Gasteiger partial charge on any atom is 0.135 e. The van der Waals surface area contributed by atoms with Gasteiger partial charge in [0.25, 0.3) is 0 Å². The van der Waals surface area contributed by atoms with Gasteiger partial charge in [0.05, 0.1) is 5.60 Å². The van der Waals surface area contributed by atoms with E-state index in [-0.39, 0.29) is 5.60 Å². The van der Waals surface area contributed by atoms with Crippen LogP contribution in [0, 0.1) is 0 Å². The van der Waals surface area contributed by atoms with Crippen molar-refractivity contribution >= 4 is 0 Å². The molecule has 4 heteroatoms. The summed E-state index contributed by atoms with van der Waals surface area (Å²) >= 11 is 0. The molecule has 0 bridgehead atoms. The van der Waals surface area contributed by atoms with Gasteiger partial charge >= 0.3 is 0 Å². The van der Waals surface area contributed by atoms with Crippen LogP contribution in [0.15, 0.2) is 6.33 Å². The Kier molecular flexibility index (Phi) is 2.07. The van der Waals surface area contributed by atoms with Crippen molar-refractivity contribution in [2.45, 2.75) is 31.3 Å². The molecule has 1 aliphatic carbocycles. The maximum absolute atomic E-state index is 5.52. The molecule has 4 nitrogen and oxygen atoms in total. The zero-order chi connectivity index (χ0) is 9.31. The molecule has 2 rings (SSSR count). The van der Waals surface area contributed by atoms with E-state index >= 15 is 0 Å². The third-order valence-corrected chi connectivity index (χ3v) is 2.98. The summed E-state index contributed by atoms with van der Waals surface area (Å²) in [6.07, 6.45) is 6.19. The number of nitrogens with zero attached hydrogens (tertiary/aromatic N) is 3. The van der Waals surface area contributed by atoms with Crippen molar-refractivity contribution in [2.75, 3.05) is 7.11 Å². The Bertz CT molecular complexity index is 285. The highest BCUT2D eigenvalue weighted by Gasteiger charge is 2.38. The summed E-state index contributed by atoms with van der Waals surface area (Å²) in [6.45, 7) is 0. The molecular weight excluding hydrogens is 166 g/mol. The SMILES string of the molecule is COC1(Cc2nncn2C)CCC1. The second-order valence-electron chi connectivity index (χ2n) is 3.78. The van der Waals surface area contributed by atoms with Gasteiger partial charge in [0, 0.05) is 20.6 Å². The van der Waals surface area contributed by atoms with Crippen LogP contribution >= 0.6 is 0 Å². The molecule has 0 aromatic carbocycles. The van der Waals surface area contributed by atoms with Crippen molar-refractivity contribution in [3.8, 4) is 0 Å². The van der Waals surface area contributed by atoms with E-state index in [4.69, 9.17) is 4.74 Å². The van der Waals surface area contributed by atoms with Gasteiger partial charge in [-0.3, -0.25) is 0 Å². The van der Waals surface area contributed by atoms with Crippen LogP contribution in [0.3, 0.4) is 0 Å². The zero-order valence-corrected chi connectivity index (χ0v) is 8.16. The number of aryl methyl sites for hydroxylation is 1. The Hall–Kier alpha value is -0.900. The first-order valence-electron chi connectivity index (χ1n) is 4.64. The van der Waals surface area contributed by atoms with Crippen molar-refractivity contribution in [1.29, 1.82) is 0 Å². The Morgan fingerprint density at radius 1 is 1.62 bits per heavy atom. The number of hydrogen-bond acceptors (Lipinski definition) is 3. The van der Waals surface area contributed by atoms with E-state index in [2.05, 4.69) is 10.2 Å². The zero-order valence-electron chi connectivity index (χ0n) is 8.16. The standard InChI is InChI=1S/C9H15N3O/c1-12-7-10-11-8(12)6-9(13-2)4-3-5-9/h7H,3-6H2,1-2H3. The molecule has 13 heavy (non-hydrogen) atoms. The topological polar surface area (TPSA) is 39.9 Å². The molecule has 1 fully saturated rings. The van der Waals surface area contributed by atoms with Crippen LogP contribution in [0.25, 0.3) is 0 Å². The molecule has 0 unspecified atom stereocenters. The number of aromatic nitrogens is 3. The second-order valence-corrected chi connectivity index (χ2v) is 3.78. The van der Waals surface area contributed by atoms with E-state index in [1.807, 2.05) is 11.6 Å². The number of ether oxygens (including phenoxy) is 1. The van der Waals surface area contributed by atoms with Crippen LogP contribution in [0.2, 0.25) is 0 Å². The summed E-state index contributed by atoms with van der Waals surface area (Å²) in [7, 11) is 3.76. The highest BCUT2D eigenvalue weighted by molar-refractivity contribution is 4.99. The lowest BCUT2D eigenvalue weighted by atomic mass is 9.77. The van der Waals surface area contributed by atoms with Crippen molar-refractivity contribution < 1.29 is 4.74 Å². The van der Waals surface area contributed by atoms with E-state index < -0.39 is 0 Å². The molecule has 0 atom stereocenters. The van der Waals surface area contributed by atoms with Crippen molar-refractivity contribution in [3.63, 3.8) is 0 Å². The lowest BCUT2D eigenvalue weighted by molar-refractivity contribution is -0.0725. The minimum Gasteiger partial charge on any atom is -0.378 e. The average molecular weight is 181 g/mol. The highest BCUT2D eigenvalue weighted by atomic mass is 16.5. The summed E-state index contributed by atoms with van der Waals surface area (Å²) in [5, 5.41) is 7.92. The quantitative estimate of drug-likeness (QED) is 0.696. The molecule has 0 radical (unpaired) electrons. The molecule has 1 saturated carbocycles. The first kappa shape index (κ1) is 8.69. The molecule has 0 amide bonds. The monoisotopic (exact) mass is 181 g/mol. The molecule has 1 aliphatic rings. The van der Waals surface area contributed by atoms with Gasteiger partial charge in [-0.25, -0.2) is 0 Å². The van der Waals surface area contributed by atoms with E-state index in [1.54, 1.807) is 13.4 Å². The molecule has 1 aromatic rings.